The molecule has 3 rings (SSSR count). The Bertz CT molecular complexity index is 721. The minimum atomic E-state index is -0.285. The van der Waals surface area contributed by atoms with E-state index in [1.54, 1.807) is 36.5 Å². The zero-order valence-corrected chi connectivity index (χ0v) is 11.1. The van der Waals surface area contributed by atoms with Gasteiger partial charge in [-0.15, -0.1) is 0 Å². The Labute approximate surface area is 121 Å². The number of aliphatic imine (C=N–C) groups is 1. The van der Waals surface area contributed by atoms with Crippen molar-refractivity contribution >= 4 is 17.8 Å². The van der Waals surface area contributed by atoms with Gasteiger partial charge in [0.15, 0.2) is 0 Å². The molecule has 4 nitrogen and oxygen atoms in total. The second kappa shape index (κ2) is 5.66. The van der Waals surface area contributed by atoms with E-state index in [0.717, 1.165) is 5.56 Å². The molecule has 0 saturated carbocycles. The number of nitrogens with one attached hydrogen (secondary N) is 1. The highest BCUT2D eigenvalue weighted by Gasteiger charge is 2.20. The molecule has 0 radical (unpaired) electrons. The molecule has 0 atom stereocenters. The average molecular weight is 281 g/mol. The van der Waals surface area contributed by atoms with Crippen LogP contribution in [0.15, 0.2) is 59.4 Å². The number of nitrogens with zero attached hydrogens (tertiary/aromatic N) is 2. The molecule has 21 heavy (non-hydrogen) atoms. The third kappa shape index (κ3) is 3.20. The Morgan fingerprint density at radius 2 is 1.95 bits per heavy atom. The number of hydrogen-bond donors (Lipinski definition) is 1. The summed E-state index contributed by atoms with van der Waals surface area (Å²) in [6.45, 7) is 0. The highest BCUT2D eigenvalue weighted by Crippen LogP contribution is 2.13. The van der Waals surface area contributed by atoms with Crippen molar-refractivity contribution in [2.75, 3.05) is 0 Å². The summed E-state index contributed by atoms with van der Waals surface area (Å²) in [6.07, 6.45) is 3.74. The molecule has 5 heteroatoms. The number of aromatic nitrogens is 1. The van der Waals surface area contributed by atoms with E-state index in [0.29, 0.717) is 23.6 Å². The van der Waals surface area contributed by atoms with Gasteiger partial charge in [-0.3, -0.25) is 9.78 Å². The molecule has 1 N–H and O–H groups in total. The second-order valence-electron chi connectivity index (χ2n) is 4.60. The first-order valence-electron chi connectivity index (χ1n) is 6.47. The van der Waals surface area contributed by atoms with E-state index in [2.05, 4.69) is 15.3 Å². The lowest BCUT2D eigenvalue weighted by Crippen LogP contribution is -2.25. The number of rotatable bonds is 3. The van der Waals surface area contributed by atoms with Gasteiger partial charge in [0.05, 0.1) is 5.69 Å². The smallest absolute Gasteiger partial charge is 0.275 e. The van der Waals surface area contributed by atoms with Crippen LogP contribution in [-0.4, -0.2) is 16.7 Å². The van der Waals surface area contributed by atoms with E-state index < -0.39 is 0 Å². The van der Waals surface area contributed by atoms with Crippen molar-refractivity contribution in [3.05, 3.63) is 71.4 Å². The highest BCUT2D eigenvalue weighted by atomic mass is 19.1. The maximum atomic E-state index is 12.9. The van der Waals surface area contributed by atoms with Gasteiger partial charge in [0, 0.05) is 12.6 Å². The molecule has 1 aromatic carbocycles. The van der Waals surface area contributed by atoms with Crippen LogP contribution < -0.4 is 5.32 Å². The SMILES string of the molecule is O=C1NC(Cc2ccc(F)cc2)=N/C1=C/c1ccccn1. The third-order valence-corrected chi connectivity index (χ3v) is 3.00. The van der Waals surface area contributed by atoms with E-state index >= 15 is 0 Å². The molecular weight excluding hydrogens is 269 g/mol. The van der Waals surface area contributed by atoms with Crippen molar-refractivity contribution in [2.24, 2.45) is 4.99 Å². The summed E-state index contributed by atoms with van der Waals surface area (Å²) in [6, 6.07) is 11.6. The predicted molar refractivity (Wildman–Crippen MR) is 77.9 cm³/mol. The fraction of sp³-hybridized carbons (Fsp3) is 0.0625. The van der Waals surface area contributed by atoms with Crippen LogP contribution >= 0.6 is 0 Å². The summed E-state index contributed by atoms with van der Waals surface area (Å²) in [5.41, 5.74) is 1.88. The van der Waals surface area contributed by atoms with E-state index in [4.69, 9.17) is 0 Å². The Morgan fingerprint density at radius 3 is 2.67 bits per heavy atom. The molecule has 1 aromatic heterocycles. The predicted octanol–water partition coefficient (Wildman–Crippen LogP) is 2.33. The summed E-state index contributed by atoms with van der Waals surface area (Å²) in [5.74, 6) is 0.0124. The lowest BCUT2D eigenvalue weighted by Gasteiger charge is -2.00. The van der Waals surface area contributed by atoms with E-state index in [1.807, 2.05) is 6.07 Å². The highest BCUT2D eigenvalue weighted by molar-refractivity contribution is 6.14. The Kier molecular flexibility index (Phi) is 3.55. The summed E-state index contributed by atoms with van der Waals surface area (Å²) in [5, 5.41) is 2.71. The normalized spacial score (nSPS) is 16.0. The van der Waals surface area contributed by atoms with Gasteiger partial charge in [-0.05, 0) is 35.9 Å². The van der Waals surface area contributed by atoms with Crippen LogP contribution in [0.5, 0.6) is 0 Å². The first-order valence-corrected chi connectivity index (χ1v) is 6.47. The first-order chi connectivity index (χ1) is 10.2. The Balaban J connectivity index is 1.79. The fourth-order valence-electron chi connectivity index (χ4n) is 2.00. The molecule has 0 saturated heterocycles. The maximum absolute atomic E-state index is 12.9. The van der Waals surface area contributed by atoms with E-state index in [-0.39, 0.29) is 11.7 Å². The maximum Gasteiger partial charge on any atom is 0.275 e. The summed E-state index contributed by atoms with van der Waals surface area (Å²) < 4.78 is 12.9. The van der Waals surface area contributed by atoms with Gasteiger partial charge >= 0.3 is 0 Å². The standard InChI is InChI=1S/C16H12FN3O/c17-12-6-4-11(5-7-12)9-15-19-14(16(21)20-15)10-13-3-1-2-8-18-13/h1-8,10H,9H2,(H,19,20,21)/b14-10+. The number of halogens is 1. The molecule has 2 heterocycles. The van der Waals surface area contributed by atoms with Crippen molar-refractivity contribution in [3.8, 4) is 0 Å². The number of benzene rings is 1. The minimum absolute atomic E-state index is 0.252. The van der Waals surface area contributed by atoms with E-state index in [9.17, 15) is 9.18 Å². The largest absolute Gasteiger partial charge is 0.308 e. The number of amidine groups is 1. The van der Waals surface area contributed by atoms with Crippen molar-refractivity contribution in [1.82, 2.24) is 10.3 Å². The van der Waals surface area contributed by atoms with Crippen molar-refractivity contribution in [2.45, 2.75) is 6.42 Å². The van der Waals surface area contributed by atoms with E-state index in [1.165, 1.54) is 12.1 Å². The number of amides is 1. The lowest BCUT2D eigenvalue weighted by molar-refractivity contribution is -0.115. The van der Waals surface area contributed by atoms with Gasteiger partial charge in [0.1, 0.15) is 17.3 Å². The van der Waals surface area contributed by atoms with Gasteiger partial charge in [0.2, 0.25) is 0 Å². The summed E-state index contributed by atoms with van der Waals surface area (Å²) in [7, 11) is 0. The van der Waals surface area contributed by atoms with Crippen LogP contribution in [0, 0.1) is 5.82 Å². The molecule has 0 bridgehead atoms. The molecule has 104 valence electrons. The molecule has 0 spiro atoms. The van der Waals surface area contributed by atoms with Gasteiger partial charge in [0.25, 0.3) is 5.91 Å². The van der Waals surface area contributed by atoms with Crippen LogP contribution in [0.1, 0.15) is 11.3 Å². The van der Waals surface area contributed by atoms with Crippen LogP contribution in [0.25, 0.3) is 6.08 Å². The Hall–Kier alpha value is -2.82. The van der Waals surface area contributed by atoms with Gasteiger partial charge in [-0.2, -0.15) is 0 Å². The molecule has 2 aromatic rings. The fourth-order valence-corrected chi connectivity index (χ4v) is 2.00. The van der Waals surface area contributed by atoms with Gasteiger partial charge in [-0.25, -0.2) is 9.38 Å². The summed E-state index contributed by atoms with van der Waals surface area (Å²) >= 11 is 0. The molecule has 0 aliphatic carbocycles. The van der Waals surface area contributed by atoms with Crippen molar-refractivity contribution in [3.63, 3.8) is 0 Å². The number of hydrogen-bond acceptors (Lipinski definition) is 3. The molecular formula is C16H12FN3O. The molecule has 1 aliphatic heterocycles. The number of carbonyl (C=O) groups excluding carboxylic acids is 1. The number of carbonyl (C=O) groups is 1. The molecule has 1 amide bonds. The molecule has 0 unspecified atom stereocenters. The monoisotopic (exact) mass is 281 g/mol. The second-order valence-corrected chi connectivity index (χ2v) is 4.60. The van der Waals surface area contributed by atoms with Crippen LogP contribution in [-0.2, 0) is 11.2 Å². The van der Waals surface area contributed by atoms with Gasteiger partial charge < -0.3 is 5.32 Å². The third-order valence-electron chi connectivity index (χ3n) is 3.00. The van der Waals surface area contributed by atoms with Crippen molar-refractivity contribution in [1.29, 1.82) is 0 Å². The van der Waals surface area contributed by atoms with Crippen LogP contribution in [0.4, 0.5) is 4.39 Å². The van der Waals surface area contributed by atoms with Crippen LogP contribution in [0.2, 0.25) is 0 Å². The Morgan fingerprint density at radius 1 is 1.14 bits per heavy atom. The van der Waals surface area contributed by atoms with Crippen molar-refractivity contribution < 1.29 is 9.18 Å². The molecule has 1 aliphatic rings. The minimum Gasteiger partial charge on any atom is -0.308 e. The molecule has 0 fully saturated rings. The number of pyridine rings is 1. The average Bonchev–Trinajstić information content (AvgIpc) is 2.82. The first kappa shape index (κ1) is 13.2. The quantitative estimate of drug-likeness (QED) is 0.878. The van der Waals surface area contributed by atoms with Gasteiger partial charge in [-0.1, -0.05) is 18.2 Å². The summed E-state index contributed by atoms with van der Waals surface area (Å²) in [4.78, 5) is 20.2. The lowest BCUT2D eigenvalue weighted by atomic mass is 10.1. The topological polar surface area (TPSA) is 54.4 Å². The van der Waals surface area contributed by atoms with Crippen LogP contribution in [0.3, 0.4) is 0 Å². The zero-order valence-electron chi connectivity index (χ0n) is 11.1. The zero-order chi connectivity index (χ0) is 14.7.